The van der Waals surface area contributed by atoms with Crippen molar-refractivity contribution in [3.8, 4) is 0 Å². The Bertz CT molecular complexity index is 787. The molecule has 132 valence electrons. The Labute approximate surface area is 159 Å². The molecule has 1 fully saturated rings. The normalized spacial score (nSPS) is 14.5. The second-order valence-electron chi connectivity index (χ2n) is 6.05. The number of amides is 2. The van der Waals surface area contributed by atoms with E-state index in [0.717, 1.165) is 17.3 Å². The number of nitrogens with zero attached hydrogens (tertiary/aromatic N) is 2. The first kappa shape index (κ1) is 17.9. The number of anilines is 1. The minimum Gasteiger partial charge on any atom is -0.352 e. The molecule has 0 unspecified atom stereocenters. The van der Waals surface area contributed by atoms with Crippen molar-refractivity contribution in [1.82, 2.24) is 15.1 Å². The van der Waals surface area contributed by atoms with Crippen LogP contribution in [0.3, 0.4) is 0 Å². The Morgan fingerprint density at radius 3 is 2.84 bits per heavy atom. The van der Waals surface area contributed by atoms with Crippen LogP contribution in [0.25, 0.3) is 0 Å². The molecule has 1 aliphatic carbocycles. The molecule has 6 nitrogen and oxygen atoms in total. The second kappa shape index (κ2) is 8.01. The summed E-state index contributed by atoms with van der Waals surface area (Å²) in [6.45, 7) is 0.129. The van der Waals surface area contributed by atoms with Crippen molar-refractivity contribution in [2.45, 2.75) is 38.3 Å². The first-order chi connectivity index (χ1) is 12.0. The van der Waals surface area contributed by atoms with Gasteiger partial charge in [-0.2, -0.15) is 5.10 Å². The molecule has 0 aliphatic heterocycles. The van der Waals surface area contributed by atoms with Crippen LogP contribution in [-0.4, -0.2) is 27.6 Å². The molecule has 0 atom stereocenters. The fourth-order valence-electron chi connectivity index (χ4n) is 2.88. The number of carbonyl (C=O) groups is 2. The molecule has 1 aromatic carbocycles. The number of nitrogens with one attached hydrogen (secondary N) is 2. The lowest BCUT2D eigenvalue weighted by molar-refractivity contribution is -0.122. The molecule has 8 heteroatoms. The van der Waals surface area contributed by atoms with Crippen molar-refractivity contribution >= 4 is 45.0 Å². The molecule has 1 aromatic heterocycles. The van der Waals surface area contributed by atoms with Gasteiger partial charge < -0.3 is 10.6 Å². The summed E-state index contributed by atoms with van der Waals surface area (Å²) in [5, 5.41) is 10.2. The maximum Gasteiger partial charge on any atom is 0.257 e. The molecule has 25 heavy (non-hydrogen) atoms. The summed E-state index contributed by atoms with van der Waals surface area (Å²) in [4.78, 5) is 24.3. The van der Waals surface area contributed by atoms with Gasteiger partial charge in [-0.05, 0) is 31.0 Å². The third-order valence-corrected chi connectivity index (χ3v) is 4.91. The van der Waals surface area contributed by atoms with Crippen LogP contribution in [0.15, 0.2) is 35.1 Å². The highest BCUT2D eigenvalue weighted by Gasteiger charge is 2.17. The minimum atomic E-state index is -0.332. The fraction of sp³-hybridized carbons (Fsp3) is 0.353. The van der Waals surface area contributed by atoms with Crippen molar-refractivity contribution in [2.75, 3.05) is 5.32 Å². The zero-order valence-corrected chi connectivity index (χ0v) is 15.8. The number of benzene rings is 1. The highest BCUT2D eigenvalue weighted by atomic mass is 79.9. The molecule has 2 aromatic rings. The Morgan fingerprint density at radius 2 is 2.08 bits per heavy atom. The highest BCUT2D eigenvalue weighted by Crippen LogP contribution is 2.22. The molecular formula is C17H18BrClN4O2. The maximum atomic E-state index is 12.3. The minimum absolute atomic E-state index is 0.0667. The van der Waals surface area contributed by atoms with Gasteiger partial charge in [0.15, 0.2) is 0 Å². The Kier molecular flexibility index (Phi) is 5.75. The van der Waals surface area contributed by atoms with Crippen molar-refractivity contribution in [3.05, 3.63) is 45.7 Å². The standard InChI is InChI=1S/C17H18BrClN4O2/c18-11-5-6-15(19)14(7-11)17(25)22-13-8-20-23(9-13)10-16(24)21-12-3-1-2-4-12/h5-9,12H,1-4,10H2,(H,21,24)(H,22,25). The van der Waals surface area contributed by atoms with E-state index in [2.05, 4.69) is 31.7 Å². The predicted octanol–water partition coefficient (Wildman–Crippen LogP) is 3.61. The SMILES string of the molecule is O=C(Cn1cc(NC(=O)c2cc(Br)ccc2Cl)cn1)NC1CCCC1. The molecule has 1 heterocycles. The number of halogens is 2. The van der Waals surface area contributed by atoms with E-state index in [4.69, 9.17) is 11.6 Å². The van der Waals surface area contributed by atoms with E-state index in [9.17, 15) is 9.59 Å². The van der Waals surface area contributed by atoms with E-state index >= 15 is 0 Å². The van der Waals surface area contributed by atoms with E-state index in [1.165, 1.54) is 23.7 Å². The van der Waals surface area contributed by atoms with Crippen LogP contribution in [0.5, 0.6) is 0 Å². The molecule has 2 amide bonds. The highest BCUT2D eigenvalue weighted by molar-refractivity contribution is 9.10. The summed E-state index contributed by atoms with van der Waals surface area (Å²) in [5.41, 5.74) is 0.873. The number of carbonyl (C=O) groups excluding carboxylic acids is 2. The second-order valence-corrected chi connectivity index (χ2v) is 7.38. The number of rotatable bonds is 5. The lowest BCUT2D eigenvalue weighted by atomic mass is 10.2. The van der Waals surface area contributed by atoms with E-state index in [-0.39, 0.29) is 24.4 Å². The van der Waals surface area contributed by atoms with Crippen LogP contribution in [0.1, 0.15) is 36.0 Å². The van der Waals surface area contributed by atoms with E-state index in [1.54, 1.807) is 24.4 Å². The van der Waals surface area contributed by atoms with Gasteiger partial charge in [0.1, 0.15) is 6.54 Å². The van der Waals surface area contributed by atoms with Gasteiger partial charge in [0, 0.05) is 16.7 Å². The average molecular weight is 426 g/mol. The number of aromatic nitrogens is 2. The lowest BCUT2D eigenvalue weighted by Gasteiger charge is -2.11. The number of hydrogen-bond acceptors (Lipinski definition) is 3. The topological polar surface area (TPSA) is 76.0 Å². The van der Waals surface area contributed by atoms with Crippen LogP contribution >= 0.6 is 27.5 Å². The van der Waals surface area contributed by atoms with Gasteiger partial charge in [0.05, 0.1) is 22.5 Å². The summed E-state index contributed by atoms with van der Waals surface area (Å²) in [6.07, 6.45) is 7.55. The van der Waals surface area contributed by atoms with E-state index < -0.39 is 0 Å². The van der Waals surface area contributed by atoms with Crippen molar-refractivity contribution in [2.24, 2.45) is 0 Å². The summed E-state index contributed by atoms with van der Waals surface area (Å²) in [5.74, 6) is -0.399. The van der Waals surface area contributed by atoms with Gasteiger partial charge in [0.2, 0.25) is 5.91 Å². The van der Waals surface area contributed by atoms with Gasteiger partial charge in [-0.3, -0.25) is 14.3 Å². The van der Waals surface area contributed by atoms with Crippen LogP contribution in [0, 0.1) is 0 Å². The molecular weight excluding hydrogens is 408 g/mol. The zero-order valence-electron chi connectivity index (χ0n) is 13.5. The quantitative estimate of drug-likeness (QED) is 0.768. The van der Waals surface area contributed by atoms with Crippen molar-refractivity contribution in [3.63, 3.8) is 0 Å². The Hall–Kier alpha value is -1.86. The molecule has 0 spiro atoms. The monoisotopic (exact) mass is 424 g/mol. The average Bonchev–Trinajstić information content (AvgIpc) is 3.22. The molecule has 1 saturated carbocycles. The summed E-state index contributed by atoms with van der Waals surface area (Å²) in [6, 6.07) is 5.34. The van der Waals surface area contributed by atoms with Crippen molar-refractivity contribution < 1.29 is 9.59 Å². The maximum absolute atomic E-state index is 12.3. The number of hydrogen-bond donors (Lipinski definition) is 2. The summed E-state index contributed by atoms with van der Waals surface area (Å²) in [7, 11) is 0. The Morgan fingerprint density at radius 1 is 1.32 bits per heavy atom. The third kappa shape index (κ3) is 4.83. The van der Waals surface area contributed by atoms with Crippen LogP contribution < -0.4 is 10.6 Å². The van der Waals surface area contributed by atoms with Crippen LogP contribution in [-0.2, 0) is 11.3 Å². The molecule has 0 radical (unpaired) electrons. The first-order valence-corrected chi connectivity index (χ1v) is 9.26. The van der Waals surface area contributed by atoms with Gasteiger partial charge in [-0.25, -0.2) is 0 Å². The summed E-state index contributed by atoms with van der Waals surface area (Å²) < 4.78 is 2.27. The fourth-order valence-corrected chi connectivity index (χ4v) is 3.44. The molecule has 2 N–H and O–H groups in total. The van der Waals surface area contributed by atoms with Gasteiger partial charge >= 0.3 is 0 Å². The molecule has 0 saturated heterocycles. The van der Waals surface area contributed by atoms with Crippen LogP contribution in [0.2, 0.25) is 5.02 Å². The van der Waals surface area contributed by atoms with Gasteiger partial charge in [-0.15, -0.1) is 0 Å². The van der Waals surface area contributed by atoms with Gasteiger partial charge in [0.25, 0.3) is 5.91 Å². The zero-order chi connectivity index (χ0) is 17.8. The largest absolute Gasteiger partial charge is 0.352 e. The van der Waals surface area contributed by atoms with Crippen LogP contribution in [0.4, 0.5) is 5.69 Å². The molecule has 3 rings (SSSR count). The predicted molar refractivity (Wildman–Crippen MR) is 99.7 cm³/mol. The van der Waals surface area contributed by atoms with E-state index in [0.29, 0.717) is 16.3 Å². The third-order valence-electron chi connectivity index (χ3n) is 4.09. The summed E-state index contributed by atoms with van der Waals surface area (Å²) >= 11 is 9.37. The molecule has 1 aliphatic rings. The first-order valence-electron chi connectivity index (χ1n) is 8.09. The van der Waals surface area contributed by atoms with Crippen molar-refractivity contribution in [1.29, 1.82) is 0 Å². The van der Waals surface area contributed by atoms with E-state index in [1.807, 2.05) is 0 Å². The van der Waals surface area contributed by atoms with Gasteiger partial charge in [-0.1, -0.05) is 40.4 Å². The Balaban J connectivity index is 1.58. The molecule has 0 bridgehead atoms. The smallest absolute Gasteiger partial charge is 0.257 e. The lowest BCUT2D eigenvalue weighted by Crippen LogP contribution is -2.35.